The van der Waals surface area contributed by atoms with Gasteiger partial charge in [0.2, 0.25) is 6.29 Å². The van der Waals surface area contributed by atoms with Gasteiger partial charge in [0.1, 0.15) is 0 Å². The molecule has 1 aliphatic carbocycles. The lowest BCUT2D eigenvalue weighted by atomic mass is 9.71. The number of amides is 1. The van der Waals surface area contributed by atoms with Crippen LogP contribution in [0.25, 0.3) is 0 Å². The first-order chi connectivity index (χ1) is 13.7. The molecule has 5 heteroatoms. The molecule has 154 valence electrons. The second-order valence-corrected chi connectivity index (χ2v) is 7.80. The lowest BCUT2D eigenvalue weighted by Gasteiger charge is -2.41. The standard InChI is InChI=1S/C23H33NO4/c1-2-27-23-19(14-9-15-25)20(17-10-5-3-6-11-17)16-21(28-23)22(26)24-18-12-7-4-8-13-18/h4,7-8,12-13,16-17,19-20,23,25H,2-3,5-6,9-11,14-15H2,1H3,(H,24,26)/t19-,20-,23-/m1/s1. The Morgan fingerprint density at radius 1 is 1.21 bits per heavy atom. The van der Waals surface area contributed by atoms with Crippen LogP contribution >= 0.6 is 0 Å². The number of hydrogen-bond acceptors (Lipinski definition) is 4. The Hall–Kier alpha value is -1.85. The van der Waals surface area contributed by atoms with Crippen LogP contribution in [0.1, 0.15) is 51.9 Å². The molecule has 1 amide bonds. The SMILES string of the molecule is CCO[C@@H]1OC(C(=O)Nc2ccccc2)=C[C@H](C2CCCCC2)[C@H]1CCCO. The van der Waals surface area contributed by atoms with Gasteiger partial charge in [0, 0.05) is 24.8 Å². The number of nitrogens with one attached hydrogen (secondary N) is 1. The number of allylic oxidation sites excluding steroid dienone is 1. The fourth-order valence-electron chi connectivity index (χ4n) is 4.56. The maximum absolute atomic E-state index is 12.9. The highest BCUT2D eigenvalue weighted by molar-refractivity contribution is 6.02. The van der Waals surface area contributed by atoms with E-state index in [2.05, 4.69) is 5.32 Å². The summed E-state index contributed by atoms with van der Waals surface area (Å²) in [6.07, 6.45) is 9.30. The maximum atomic E-state index is 12.9. The van der Waals surface area contributed by atoms with E-state index >= 15 is 0 Å². The van der Waals surface area contributed by atoms with Gasteiger partial charge in [-0.1, -0.05) is 37.5 Å². The molecule has 1 fully saturated rings. The largest absolute Gasteiger partial charge is 0.459 e. The lowest BCUT2D eigenvalue weighted by Crippen LogP contribution is -2.41. The number of anilines is 1. The van der Waals surface area contributed by atoms with Gasteiger partial charge < -0.3 is 19.9 Å². The summed E-state index contributed by atoms with van der Waals surface area (Å²) in [7, 11) is 0. The van der Waals surface area contributed by atoms with Gasteiger partial charge in [-0.05, 0) is 62.7 Å². The topological polar surface area (TPSA) is 67.8 Å². The molecule has 1 aliphatic heterocycles. The number of aliphatic hydroxyl groups excluding tert-OH is 1. The van der Waals surface area contributed by atoms with Gasteiger partial charge in [-0.3, -0.25) is 4.79 Å². The van der Waals surface area contributed by atoms with Crippen LogP contribution in [0.5, 0.6) is 0 Å². The fourth-order valence-corrected chi connectivity index (χ4v) is 4.56. The minimum atomic E-state index is -0.440. The van der Waals surface area contributed by atoms with Gasteiger partial charge in [0.05, 0.1) is 0 Å². The third-order valence-electron chi connectivity index (χ3n) is 5.91. The van der Waals surface area contributed by atoms with Crippen LogP contribution in [-0.2, 0) is 14.3 Å². The normalized spacial score (nSPS) is 25.6. The zero-order chi connectivity index (χ0) is 19.8. The molecule has 1 aromatic rings. The number of carbonyl (C=O) groups excluding carboxylic acids is 1. The molecule has 28 heavy (non-hydrogen) atoms. The maximum Gasteiger partial charge on any atom is 0.290 e. The Labute approximate surface area is 168 Å². The minimum absolute atomic E-state index is 0.164. The first kappa shape index (κ1) is 20.9. The van der Waals surface area contributed by atoms with Gasteiger partial charge in [-0.25, -0.2) is 0 Å². The molecule has 0 aromatic heterocycles. The van der Waals surface area contributed by atoms with Crippen molar-refractivity contribution in [2.24, 2.45) is 17.8 Å². The molecule has 1 heterocycles. The number of ether oxygens (including phenoxy) is 2. The van der Waals surface area contributed by atoms with Gasteiger partial charge in [0.25, 0.3) is 5.91 Å². The van der Waals surface area contributed by atoms with Crippen molar-refractivity contribution in [1.29, 1.82) is 0 Å². The van der Waals surface area contributed by atoms with Crippen LogP contribution in [0.2, 0.25) is 0 Å². The number of carbonyl (C=O) groups is 1. The van der Waals surface area contributed by atoms with E-state index in [0.29, 0.717) is 18.3 Å². The monoisotopic (exact) mass is 387 g/mol. The van der Waals surface area contributed by atoms with E-state index in [-0.39, 0.29) is 24.3 Å². The molecule has 0 spiro atoms. The van der Waals surface area contributed by atoms with E-state index in [9.17, 15) is 9.90 Å². The smallest absolute Gasteiger partial charge is 0.290 e. The van der Waals surface area contributed by atoms with Crippen LogP contribution < -0.4 is 5.32 Å². The summed E-state index contributed by atoms with van der Waals surface area (Å²) < 4.78 is 12.0. The van der Waals surface area contributed by atoms with Crippen LogP contribution in [0.3, 0.4) is 0 Å². The predicted molar refractivity (Wildman–Crippen MR) is 110 cm³/mol. The van der Waals surface area contributed by atoms with E-state index in [0.717, 1.165) is 18.5 Å². The van der Waals surface area contributed by atoms with Crippen molar-refractivity contribution in [2.75, 3.05) is 18.5 Å². The third-order valence-corrected chi connectivity index (χ3v) is 5.91. The van der Waals surface area contributed by atoms with Gasteiger partial charge >= 0.3 is 0 Å². The Balaban J connectivity index is 1.83. The first-order valence-corrected chi connectivity index (χ1v) is 10.7. The van der Waals surface area contributed by atoms with Gasteiger partial charge in [-0.15, -0.1) is 0 Å². The number of para-hydroxylation sites is 1. The van der Waals surface area contributed by atoms with Crippen LogP contribution in [0.4, 0.5) is 5.69 Å². The van der Waals surface area contributed by atoms with E-state index in [1.807, 2.05) is 43.3 Å². The highest BCUT2D eigenvalue weighted by atomic mass is 16.7. The molecule has 2 N–H and O–H groups in total. The predicted octanol–water partition coefficient (Wildman–Crippen LogP) is 4.49. The van der Waals surface area contributed by atoms with E-state index in [4.69, 9.17) is 9.47 Å². The molecule has 2 aliphatic rings. The third kappa shape index (κ3) is 5.36. The second kappa shape index (κ2) is 10.6. The zero-order valence-corrected chi connectivity index (χ0v) is 16.8. The van der Waals surface area contributed by atoms with E-state index in [1.54, 1.807) is 0 Å². The summed E-state index contributed by atoms with van der Waals surface area (Å²) in [5, 5.41) is 12.3. The van der Waals surface area contributed by atoms with Gasteiger partial charge in [0.15, 0.2) is 5.76 Å². The van der Waals surface area contributed by atoms with E-state index < -0.39 is 6.29 Å². The van der Waals surface area contributed by atoms with Gasteiger partial charge in [-0.2, -0.15) is 0 Å². The second-order valence-electron chi connectivity index (χ2n) is 7.80. The summed E-state index contributed by atoms with van der Waals surface area (Å²) in [6, 6.07) is 9.44. The fraction of sp³-hybridized carbons (Fsp3) is 0.609. The Morgan fingerprint density at radius 2 is 1.96 bits per heavy atom. The first-order valence-electron chi connectivity index (χ1n) is 10.7. The molecule has 3 atom stereocenters. The van der Waals surface area contributed by atoms with Crippen molar-refractivity contribution >= 4 is 11.6 Å². The highest BCUT2D eigenvalue weighted by Gasteiger charge is 2.40. The molecule has 0 unspecified atom stereocenters. The van der Waals surface area contributed by atoms with Crippen molar-refractivity contribution in [2.45, 2.75) is 58.2 Å². The molecule has 0 saturated heterocycles. The summed E-state index contributed by atoms with van der Waals surface area (Å²) in [5.41, 5.74) is 0.751. The molecule has 1 aromatic carbocycles. The molecular formula is C23H33NO4. The summed E-state index contributed by atoms with van der Waals surface area (Å²) in [6.45, 7) is 2.65. The molecule has 3 rings (SSSR count). The Bertz CT molecular complexity index is 639. The zero-order valence-electron chi connectivity index (χ0n) is 16.8. The lowest BCUT2D eigenvalue weighted by molar-refractivity contribution is -0.175. The van der Waals surface area contributed by atoms with Crippen LogP contribution in [0.15, 0.2) is 42.2 Å². The van der Waals surface area contributed by atoms with Crippen LogP contribution in [0, 0.1) is 17.8 Å². The Morgan fingerprint density at radius 3 is 2.64 bits per heavy atom. The quantitative estimate of drug-likeness (QED) is 0.690. The summed E-state index contributed by atoms with van der Waals surface area (Å²) in [4.78, 5) is 12.9. The molecule has 1 saturated carbocycles. The van der Waals surface area contributed by atoms with Crippen molar-refractivity contribution in [3.63, 3.8) is 0 Å². The number of benzene rings is 1. The molecular weight excluding hydrogens is 354 g/mol. The molecule has 0 bridgehead atoms. The van der Waals surface area contributed by atoms with Crippen molar-refractivity contribution in [1.82, 2.24) is 0 Å². The van der Waals surface area contributed by atoms with Crippen molar-refractivity contribution < 1.29 is 19.4 Å². The molecule has 5 nitrogen and oxygen atoms in total. The average molecular weight is 388 g/mol. The van der Waals surface area contributed by atoms with E-state index in [1.165, 1.54) is 32.1 Å². The Kier molecular flexibility index (Phi) is 7.92. The summed E-state index contributed by atoms with van der Waals surface area (Å²) >= 11 is 0. The number of hydrogen-bond donors (Lipinski definition) is 2. The number of rotatable bonds is 8. The average Bonchev–Trinajstić information content (AvgIpc) is 2.74. The van der Waals surface area contributed by atoms with Crippen LogP contribution in [-0.4, -0.2) is 30.5 Å². The summed E-state index contributed by atoms with van der Waals surface area (Å²) in [5.74, 6) is 1.09. The number of aliphatic hydroxyl groups is 1. The van der Waals surface area contributed by atoms with Crippen molar-refractivity contribution in [3.8, 4) is 0 Å². The molecule has 0 radical (unpaired) electrons. The minimum Gasteiger partial charge on any atom is -0.459 e. The highest BCUT2D eigenvalue weighted by Crippen LogP contribution is 2.42. The van der Waals surface area contributed by atoms with Crippen molar-refractivity contribution in [3.05, 3.63) is 42.2 Å².